The summed E-state index contributed by atoms with van der Waals surface area (Å²) >= 11 is 0. The van der Waals surface area contributed by atoms with E-state index in [1.54, 1.807) is 11.8 Å². The maximum absolute atomic E-state index is 11.4. The van der Waals surface area contributed by atoms with Crippen LogP contribution in [0.15, 0.2) is 12.3 Å². The van der Waals surface area contributed by atoms with Crippen molar-refractivity contribution in [3.8, 4) is 0 Å². The van der Waals surface area contributed by atoms with Gasteiger partial charge in [0.25, 0.3) is 0 Å². The number of hydrogen-bond acceptors (Lipinski definition) is 7. The molecule has 1 saturated heterocycles. The average molecular weight is 309 g/mol. The van der Waals surface area contributed by atoms with Gasteiger partial charge in [-0.05, 0) is 13.3 Å². The van der Waals surface area contributed by atoms with Gasteiger partial charge >= 0.3 is 17.6 Å². The highest BCUT2D eigenvalue weighted by atomic mass is 16.6. The summed E-state index contributed by atoms with van der Waals surface area (Å²) in [5.74, 6) is -1.62. The first kappa shape index (κ1) is 15.7. The molecular formula is C13H15N3O6. The Labute approximate surface area is 125 Å². The zero-order chi connectivity index (χ0) is 16.5. The van der Waals surface area contributed by atoms with E-state index in [1.165, 1.54) is 13.3 Å². The summed E-state index contributed by atoms with van der Waals surface area (Å²) < 4.78 is 4.51. The van der Waals surface area contributed by atoms with Gasteiger partial charge < -0.3 is 14.7 Å². The van der Waals surface area contributed by atoms with Crippen LogP contribution in [-0.4, -0.2) is 47.2 Å². The molecule has 0 spiro atoms. The molecule has 22 heavy (non-hydrogen) atoms. The van der Waals surface area contributed by atoms with Crippen LogP contribution in [0.2, 0.25) is 0 Å². The van der Waals surface area contributed by atoms with E-state index in [9.17, 15) is 24.8 Å². The number of rotatable bonds is 4. The molecule has 0 radical (unpaired) electrons. The number of pyridine rings is 1. The minimum absolute atomic E-state index is 0.0295. The van der Waals surface area contributed by atoms with Gasteiger partial charge in [-0.2, -0.15) is 0 Å². The highest BCUT2D eigenvalue weighted by Crippen LogP contribution is 2.36. The van der Waals surface area contributed by atoms with E-state index < -0.39 is 22.3 Å². The number of aliphatic carboxylic acids is 1. The fraction of sp³-hybridized carbons (Fsp3) is 0.462. The third-order valence-corrected chi connectivity index (χ3v) is 3.75. The molecule has 1 aliphatic rings. The monoisotopic (exact) mass is 309 g/mol. The van der Waals surface area contributed by atoms with Gasteiger partial charge in [0.2, 0.25) is 5.82 Å². The second-order valence-electron chi connectivity index (χ2n) is 5.35. The fourth-order valence-electron chi connectivity index (χ4n) is 2.37. The van der Waals surface area contributed by atoms with Crippen LogP contribution >= 0.6 is 0 Å². The first-order chi connectivity index (χ1) is 10.3. The second kappa shape index (κ2) is 5.58. The van der Waals surface area contributed by atoms with Crippen molar-refractivity contribution >= 4 is 23.4 Å². The number of methoxy groups -OCH3 is 1. The van der Waals surface area contributed by atoms with Crippen LogP contribution in [0.4, 0.5) is 11.5 Å². The summed E-state index contributed by atoms with van der Waals surface area (Å²) in [6.07, 6.45) is 1.55. The number of carboxylic acid groups (broad SMARTS) is 1. The molecule has 1 unspecified atom stereocenters. The normalized spacial score (nSPS) is 20.7. The van der Waals surface area contributed by atoms with Crippen LogP contribution < -0.4 is 4.90 Å². The number of nitrogens with zero attached hydrogens (tertiary/aromatic N) is 3. The predicted octanol–water partition coefficient (Wildman–Crippen LogP) is 1.08. The lowest BCUT2D eigenvalue weighted by atomic mass is 9.90. The molecule has 2 heterocycles. The Morgan fingerprint density at radius 3 is 2.73 bits per heavy atom. The van der Waals surface area contributed by atoms with Crippen molar-refractivity contribution in [2.75, 3.05) is 25.1 Å². The molecule has 0 saturated carbocycles. The van der Waals surface area contributed by atoms with E-state index in [-0.39, 0.29) is 23.6 Å². The minimum atomic E-state index is -0.976. The highest BCUT2D eigenvalue weighted by molar-refractivity contribution is 5.90. The lowest BCUT2D eigenvalue weighted by Crippen LogP contribution is -2.32. The molecule has 1 aromatic rings. The lowest BCUT2D eigenvalue weighted by Gasteiger charge is -2.20. The standard InChI is InChI=1S/C13H15N3O6/c1-13(12(18)19)3-4-15(7-13)10-9(16(20)21)5-8(6-14-10)11(17)22-2/h5-6H,3-4,7H2,1-2H3,(H,18,19). The molecule has 0 aliphatic carbocycles. The quantitative estimate of drug-likeness (QED) is 0.498. The minimum Gasteiger partial charge on any atom is -0.481 e. The summed E-state index contributed by atoms with van der Waals surface area (Å²) in [5, 5.41) is 20.4. The van der Waals surface area contributed by atoms with Crippen molar-refractivity contribution in [3.05, 3.63) is 27.9 Å². The van der Waals surface area contributed by atoms with Crippen LogP contribution in [0.1, 0.15) is 23.7 Å². The molecule has 1 atom stereocenters. The Morgan fingerprint density at radius 2 is 2.23 bits per heavy atom. The number of carbonyl (C=O) groups excluding carboxylic acids is 1. The Morgan fingerprint density at radius 1 is 1.55 bits per heavy atom. The van der Waals surface area contributed by atoms with E-state index in [0.29, 0.717) is 13.0 Å². The zero-order valence-corrected chi connectivity index (χ0v) is 12.1. The summed E-state index contributed by atoms with van der Waals surface area (Å²) in [6, 6.07) is 1.09. The van der Waals surface area contributed by atoms with Gasteiger partial charge in [0.15, 0.2) is 0 Å². The summed E-state index contributed by atoms with van der Waals surface area (Å²) in [5.41, 5.74) is -1.35. The first-order valence-corrected chi connectivity index (χ1v) is 6.49. The number of aromatic nitrogens is 1. The molecule has 1 aromatic heterocycles. The van der Waals surface area contributed by atoms with Gasteiger partial charge in [-0.25, -0.2) is 9.78 Å². The number of carboxylic acids is 1. The summed E-state index contributed by atoms with van der Waals surface area (Å²) in [7, 11) is 1.17. The van der Waals surface area contributed by atoms with Crippen molar-refractivity contribution < 1.29 is 24.4 Å². The zero-order valence-electron chi connectivity index (χ0n) is 12.1. The van der Waals surface area contributed by atoms with Crippen LogP contribution in [0.25, 0.3) is 0 Å². The van der Waals surface area contributed by atoms with Crippen molar-refractivity contribution in [2.24, 2.45) is 5.41 Å². The van der Waals surface area contributed by atoms with Crippen LogP contribution in [0.5, 0.6) is 0 Å². The topological polar surface area (TPSA) is 123 Å². The van der Waals surface area contributed by atoms with Gasteiger partial charge in [0.1, 0.15) is 0 Å². The molecule has 9 nitrogen and oxygen atoms in total. The Balaban J connectivity index is 2.38. The number of hydrogen-bond donors (Lipinski definition) is 1. The molecule has 9 heteroatoms. The summed E-state index contributed by atoms with van der Waals surface area (Å²) in [4.78, 5) is 38.8. The SMILES string of the molecule is COC(=O)c1cnc(N2CCC(C)(C(=O)O)C2)c([N+](=O)[O-])c1. The molecule has 0 bridgehead atoms. The molecule has 0 amide bonds. The lowest BCUT2D eigenvalue weighted by molar-refractivity contribution is -0.384. The van der Waals surface area contributed by atoms with Crippen molar-refractivity contribution in [1.82, 2.24) is 4.98 Å². The maximum Gasteiger partial charge on any atom is 0.339 e. The van der Waals surface area contributed by atoms with E-state index >= 15 is 0 Å². The van der Waals surface area contributed by atoms with Crippen molar-refractivity contribution in [2.45, 2.75) is 13.3 Å². The average Bonchev–Trinajstić information content (AvgIpc) is 2.89. The first-order valence-electron chi connectivity index (χ1n) is 6.49. The van der Waals surface area contributed by atoms with Crippen molar-refractivity contribution in [1.29, 1.82) is 0 Å². The molecule has 1 aliphatic heterocycles. The van der Waals surface area contributed by atoms with Crippen LogP contribution in [0, 0.1) is 15.5 Å². The van der Waals surface area contributed by atoms with Gasteiger partial charge in [-0.3, -0.25) is 14.9 Å². The van der Waals surface area contributed by atoms with E-state index in [1.807, 2.05) is 0 Å². The van der Waals surface area contributed by atoms with Gasteiger partial charge in [0.05, 0.1) is 23.0 Å². The van der Waals surface area contributed by atoms with E-state index in [0.717, 1.165) is 6.07 Å². The number of nitro groups is 1. The Kier molecular flexibility index (Phi) is 3.98. The number of anilines is 1. The van der Waals surface area contributed by atoms with Crippen LogP contribution in [-0.2, 0) is 9.53 Å². The molecule has 2 rings (SSSR count). The molecular weight excluding hydrogens is 294 g/mol. The third-order valence-electron chi connectivity index (χ3n) is 3.75. The molecule has 1 fully saturated rings. The van der Waals surface area contributed by atoms with Gasteiger partial charge in [0, 0.05) is 25.4 Å². The Bertz CT molecular complexity index is 647. The Hall–Kier alpha value is -2.71. The van der Waals surface area contributed by atoms with Gasteiger partial charge in [-0.1, -0.05) is 0 Å². The number of carbonyl (C=O) groups is 2. The van der Waals surface area contributed by atoms with Gasteiger partial charge in [-0.15, -0.1) is 0 Å². The predicted molar refractivity (Wildman–Crippen MR) is 74.8 cm³/mol. The number of esters is 1. The highest BCUT2D eigenvalue weighted by Gasteiger charge is 2.42. The smallest absolute Gasteiger partial charge is 0.339 e. The number of ether oxygens (including phenoxy) is 1. The largest absolute Gasteiger partial charge is 0.481 e. The maximum atomic E-state index is 11.4. The van der Waals surface area contributed by atoms with Crippen molar-refractivity contribution in [3.63, 3.8) is 0 Å². The second-order valence-corrected chi connectivity index (χ2v) is 5.35. The third kappa shape index (κ3) is 2.69. The summed E-state index contributed by atoms with van der Waals surface area (Å²) in [6.45, 7) is 2.05. The molecule has 1 N–H and O–H groups in total. The molecule has 0 aromatic carbocycles. The van der Waals surface area contributed by atoms with E-state index in [2.05, 4.69) is 9.72 Å². The van der Waals surface area contributed by atoms with Crippen LogP contribution in [0.3, 0.4) is 0 Å². The van der Waals surface area contributed by atoms with E-state index in [4.69, 9.17) is 0 Å². The molecule has 118 valence electrons. The fourth-order valence-corrected chi connectivity index (χ4v) is 2.37.